The number of piperidine rings is 1. The van der Waals surface area contributed by atoms with Crippen LogP contribution in [0.2, 0.25) is 0 Å². The maximum Gasteiger partial charge on any atom is 0.471 e. The molecule has 0 aromatic heterocycles. The predicted molar refractivity (Wildman–Crippen MR) is 61.1 cm³/mol. The molecule has 2 nitrogen and oxygen atoms in total. The molecule has 7 heteroatoms. The molecule has 1 aromatic rings. The van der Waals surface area contributed by atoms with Crippen LogP contribution >= 0.6 is 0 Å². The van der Waals surface area contributed by atoms with Crippen molar-refractivity contribution in [3.8, 4) is 0 Å². The third-order valence-corrected chi connectivity index (χ3v) is 3.24. The van der Waals surface area contributed by atoms with Gasteiger partial charge in [0.1, 0.15) is 6.04 Å². The van der Waals surface area contributed by atoms with Crippen molar-refractivity contribution in [2.24, 2.45) is 0 Å². The number of benzene rings is 1. The van der Waals surface area contributed by atoms with E-state index in [1.54, 1.807) is 6.07 Å². The van der Waals surface area contributed by atoms with Gasteiger partial charge in [-0.3, -0.25) is 4.79 Å². The minimum Gasteiger partial charge on any atom is -0.322 e. The van der Waals surface area contributed by atoms with Gasteiger partial charge in [0.2, 0.25) is 0 Å². The summed E-state index contributed by atoms with van der Waals surface area (Å²) in [6.45, 7) is -0.326. The summed E-state index contributed by atoms with van der Waals surface area (Å²) in [7, 11) is 0. The van der Waals surface area contributed by atoms with Crippen LogP contribution in [-0.2, 0) is 4.79 Å². The lowest BCUT2D eigenvalue weighted by Gasteiger charge is -2.41. The number of hydrogen-bond acceptors (Lipinski definition) is 1. The van der Waals surface area contributed by atoms with Gasteiger partial charge in [-0.25, -0.2) is 8.78 Å². The van der Waals surface area contributed by atoms with Crippen LogP contribution < -0.4 is 0 Å². The summed E-state index contributed by atoms with van der Waals surface area (Å²) in [5, 5.41) is 0. The first-order valence-corrected chi connectivity index (χ1v) is 6.04. The number of hydrogen-bond donors (Lipinski definition) is 0. The van der Waals surface area contributed by atoms with Crippen molar-refractivity contribution in [3.63, 3.8) is 0 Å². The lowest BCUT2D eigenvalue weighted by Crippen LogP contribution is -2.52. The highest BCUT2D eigenvalue weighted by molar-refractivity contribution is 5.82. The Morgan fingerprint density at radius 1 is 1.20 bits per heavy atom. The lowest BCUT2D eigenvalue weighted by molar-refractivity contribution is -0.201. The molecular weight excluding hydrogens is 281 g/mol. The van der Waals surface area contributed by atoms with E-state index in [9.17, 15) is 26.7 Å². The molecule has 110 valence electrons. The maximum absolute atomic E-state index is 14.0. The van der Waals surface area contributed by atoms with E-state index in [0.29, 0.717) is 0 Å². The van der Waals surface area contributed by atoms with E-state index in [1.165, 1.54) is 24.3 Å². The van der Waals surface area contributed by atoms with E-state index in [2.05, 4.69) is 0 Å². The van der Waals surface area contributed by atoms with Crippen molar-refractivity contribution in [1.29, 1.82) is 0 Å². The zero-order chi connectivity index (χ0) is 15.0. The Morgan fingerprint density at radius 3 is 2.35 bits per heavy atom. The molecule has 1 aliphatic rings. The van der Waals surface area contributed by atoms with Crippen molar-refractivity contribution < 1.29 is 26.7 Å². The van der Waals surface area contributed by atoms with Crippen molar-refractivity contribution in [1.82, 2.24) is 4.90 Å². The normalized spacial score (nSPS) is 22.6. The third kappa shape index (κ3) is 2.76. The number of alkyl halides is 5. The number of carbonyl (C=O) groups excluding carboxylic acids is 1. The van der Waals surface area contributed by atoms with E-state index < -0.39 is 30.5 Å². The summed E-state index contributed by atoms with van der Waals surface area (Å²) < 4.78 is 65.6. The smallest absolute Gasteiger partial charge is 0.322 e. The molecule has 1 aromatic carbocycles. The summed E-state index contributed by atoms with van der Waals surface area (Å²) in [5.41, 5.74) is 0.00907. The Labute approximate surface area is 112 Å². The molecule has 0 aliphatic carbocycles. The van der Waals surface area contributed by atoms with Crippen LogP contribution in [0.5, 0.6) is 0 Å². The second kappa shape index (κ2) is 5.03. The highest BCUT2D eigenvalue weighted by Crippen LogP contribution is 2.44. The topological polar surface area (TPSA) is 20.3 Å². The van der Waals surface area contributed by atoms with Crippen LogP contribution in [0.4, 0.5) is 22.0 Å². The Balaban J connectivity index is 2.41. The monoisotopic (exact) mass is 293 g/mol. The van der Waals surface area contributed by atoms with Gasteiger partial charge in [-0.15, -0.1) is 0 Å². The Bertz CT molecular complexity index is 485. The first kappa shape index (κ1) is 14.7. The van der Waals surface area contributed by atoms with Crippen molar-refractivity contribution >= 4 is 5.91 Å². The highest BCUT2D eigenvalue weighted by atomic mass is 19.4. The summed E-state index contributed by atoms with van der Waals surface area (Å²) in [5.74, 6) is -5.59. The number of carbonyl (C=O) groups is 1. The molecule has 1 unspecified atom stereocenters. The van der Waals surface area contributed by atoms with E-state index in [1.807, 2.05) is 0 Å². The fraction of sp³-hybridized carbons (Fsp3) is 0.462. The molecule has 1 saturated heterocycles. The maximum atomic E-state index is 14.0. The van der Waals surface area contributed by atoms with Gasteiger partial charge in [0.25, 0.3) is 5.92 Å². The average molecular weight is 293 g/mol. The van der Waals surface area contributed by atoms with Gasteiger partial charge in [-0.2, -0.15) is 13.2 Å². The molecule has 0 N–H and O–H groups in total. The molecule has 1 amide bonds. The number of likely N-dealkylation sites (tertiary alicyclic amines) is 1. The largest absolute Gasteiger partial charge is 0.471 e. The fourth-order valence-corrected chi connectivity index (χ4v) is 2.42. The molecule has 0 spiro atoms. The van der Waals surface area contributed by atoms with E-state index >= 15 is 0 Å². The van der Waals surface area contributed by atoms with Gasteiger partial charge >= 0.3 is 12.1 Å². The van der Waals surface area contributed by atoms with Crippen molar-refractivity contribution in [2.75, 3.05) is 6.54 Å². The average Bonchev–Trinajstić information content (AvgIpc) is 2.36. The molecule has 0 saturated carbocycles. The van der Waals surface area contributed by atoms with Crippen LogP contribution in [0.15, 0.2) is 30.3 Å². The van der Waals surface area contributed by atoms with Gasteiger partial charge in [0, 0.05) is 13.0 Å². The standard InChI is InChI=1S/C13H12F5NO/c14-12(15)7-4-8-19(11(20)13(16,17)18)10(12)9-5-2-1-3-6-9/h1-3,5-6,10H,4,7-8H2. The van der Waals surface area contributed by atoms with Gasteiger partial charge in [0.15, 0.2) is 0 Å². The second-order valence-electron chi connectivity index (χ2n) is 4.67. The summed E-state index contributed by atoms with van der Waals surface area (Å²) in [6.07, 6.45) is -5.84. The number of rotatable bonds is 1. The van der Waals surface area contributed by atoms with Crippen LogP contribution in [0.3, 0.4) is 0 Å². The molecule has 0 radical (unpaired) electrons. The molecule has 2 rings (SSSR count). The minimum atomic E-state index is -5.15. The van der Waals surface area contributed by atoms with Crippen molar-refractivity contribution in [2.45, 2.75) is 31.0 Å². The Morgan fingerprint density at radius 2 is 1.80 bits per heavy atom. The Hall–Kier alpha value is -1.66. The van der Waals surface area contributed by atoms with E-state index in [0.717, 1.165) is 0 Å². The summed E-state index contributed by atoms with van der Waals surface area (Å²) >= 11 is 0. The molecule has 0 bridgehead atoms. The van der Waals surface area contributed by atoms with Gasteiger partial charge in [0.05, 0.1) is 0 Å². The van der Waals surface area contributed by atoms with Crippen molar-refractivity contribution in [3.05, 3.63) is 35.9 Å². The predicted octanol–water partition coefficient (Wildman–Crippen LogP) is 3.55. The second-order valence-corrected chi connectivity index (χ2v) is 4.67. The van der Waals surface area contributed by atoms with Gasteiger partial charge in [-0.1, -0.05) is 30.3 Å². The zero-order valence-corrected chi connectivity index (χ0v) is 10.3. The highest BCUT2D eigenvalue weighted by Gasteiger charge is 2.53. The summed E-state index contributed by atoms with van der Waals surface area (Å²) in [6, 6.07) is 5.22. The lowest BCUT2D eigenvalue weighted by atomic mass is 9.91. The number of amides is 1. The van der Waals surface area contributed by atoms with Crippen LogP contribution in [0.1, 0.15) is 24.4 Å². The van der Waals surface area contributed by atoms with E-state index in [-0.39, 0.29) is 23.4 Å². The first-order chi connectivity index (χ1) is 9.23. The van der Waals surface area contributed by atoms with Gasteiger partial charge in [-0.05, 0) is 12.0 Å². The quantitative estimate of drug-likeness (QED) is 0.725. The van der Waals surface area contributed by atoms with E-state index in [4.69, 9.17) is 0 Å². The van der Waals surface area contributed by atoms with Crippen LogP contribution in [0.25, 0.3) is 0 Å². The SMILES string of the molecule is O=C(N1CCCC(F)(F)C1c1ccccc1)C(F)(F)F. The molecular formula is C13H12F5NO. The third-order valence-electron chi connectivity index (χ3n) is 3.24. The molecule has 20 heavy (non-hydrogen) atoms. The molecule has 1 aliphatic heterocycles. The molecule has 1 fully saturated rings. The van der Waals surface area contributed by atoms with Crippen LogP contribution in [0, 0.1) is 0 Å². The van der Waals surface area contributed by atoms with Crippen LogP contribution in [-0.4, -0.2) is 29.5 Å². The minimum absolute atomic E-state index is 0.00907. The number of nitrogens with zero attached hydrogens (tertiary/aromatic N) is 1. The fourth-order valence-electron chi connectivity index (χ4n) is 2.42. The summed E-state index contributed by atoms with van der Waals surface area (Å²) in [4.78, 5) is 11.6. The van der Waals surface area contributed by atoms with Gasteiger partial charge < -0.3 is 4.90 Å². The number of halogens is 5. The molecule has 1 heterocycles. The Kier molecular flexibility index (Phi) is 3.71. The molecule has 1 atom stereocenters. The zero-order valence-electron chi connectivity index (χ0n) is 10.3. The first-order valence-electron chi connectivity index (χ1n) is 6.04.